The molecular formula is C6H5FN2O2. The molecule has 5 heteroatoms. The molecule has 11 heavy (non-hydrogen) atoms. The first-order valence-corrected chi connectivity index (χ1v) is 2.87. The number of nitrogens with zero attached hydrogens (tertiary/aromatic N) is 2. The van der Waals surface area contributed by atoms with Crippen LogP contribution in [0.1, 0.15) is 5.56 Å². The molecule has 0 N–H and O–H groups in total. The van der Waals surface area contributed by atoms with E-state index in [1.165, 1.54) is 13.1 Å². The molecular weight excluding hydrogens is 151 g/mol. The quantitative estimate of drug-likeness (QED) is 0.456. The molecule has 1 aromatic heterocycles. The van der Waals surface area contributed by atoms with Gasteiger partial charge in [0.25, 0.3) is 0 Å². The first kappa shape index (κ1) is 7.59. The Labute approximate surface area is 61.8 Å². The van der Waals surface area contributed by atoms with E-state index < -0.39 is 16.4 Å². The number of hydrogen-bond donors (Lipinski definition) is 0. The summed E-state index contributed by atoms with van der Waals surface area (Å²) in [6.45, 7) is 1.43. The zero-order valence-electron chi connectivity index (χ0n) is 5.74. The van der Waals surface area contributed by atoms with E-state index in [9.17, 15) is 14.5 Å². The molecule has 1 aromatic rings. The Kier molecular flexibility index (Phi) is 1.80. The summed E-state index contributed by atoms with van der Waals surface area (Å²) in [6, 6.07) is 0. The SMILES string of the molecule is Cc1cncc([N+](=O)[O-])c1F. The highest BCUT2D eigenvalue weighted by molar-refractivity contribution is 5.31. The summed E-state index contributed by atoms with van der Waals surface area (Å²) < 4.78 is 12.8. The van der Waals surface area contributed by atoms with Gasteiger partial charge in [0.05, 0.1) is 4.92 Å². The van der Waals surface area contributed by atoms with E-state index in [0.29, 0.717) is 0 Å². The highest BCUT2D eigenvalue weighted by Crippen LogP contribution is 2.16. The molecule has 0 atom stereocenters. The van der Waals surface area contributed by atoms with Crippen molar-refractivity contribution in [3.63, 3.8) is 0 Å². The highest BCUT2D eigenvalue weighted by atomic mass is 19.1. The zero-order valence-corrected chi connectivity index (χ0v) is 5.74. The van der Waals surface area contributed by atoms with Crippen molar-refractivity contribution in [3.05, 3.63) is 33.9 Å². The summed E-state index contributed by atoms with van der Waals surface area (Å²) in [5.74, 6) is -0.815. The zero-order chi connectivity index (χ0) is 8.43. The molecule has 0 saturated carbocycles. The third-order valence-corrected chi connectivity index (χ3v) is 1.23. The molecule has 0 bridgehead atoms. The lowest BCUT2D eigenvalue weighted by atomic mass is 10.3. The molecule has 0 aliphatic rings. The van der Waals surface area contributed by atoms with E-state index in [4.69, 9.17) is 0 Å². The van der Waals surface area contributed by atoms with Crippen molar-refractivity contribution in [2.75, 3.05) is 0 Å². The van der Waals surface area contributed by atoms with Crippen molar-refractivity contribution in [2.45, 2.75) is 6.92 Å². The number of halogens is 1. The molecule has 0 aromatic carbocycles. The average Bonchev–Trinajstić information content (AvgIpc) is 1.94. The Bertz CT molecular complexity index is 301. The average molecular weight is 156 g/mol. The van der Waals surface area contributed by atoms with Crippen molar-refractivity contribution in [3.8, 4) is 0 Å². The largest absolute Gasteiger partial charge is 0.323 e. The van der Waals surface area contributed by atoms with Gasteiger partial charge < -0.3 is 0 Å². The van der Waals surface area contributed by atoms with E-state index in [1.807, 2.05) is 0 Å². The second-order valence-electron chi connectivity index (χ2n) is 2.05. The van der Waals surface area contributed by atoms with E-state index in [-0.39, 0.29) is 5.56 Å². The smallest absolute Gasteiger partial charge is 0.258 e. The summed E-state index contributed by atoms with van der Waals surface area (Å²) in [5, 5.41) is 10.1. The molecule has 1 heterocycles. The predicted molar refractivity (Wildman–Crippen MR) is 35.6 cm³/mol. The summed E-state index contributed by atoms with van der Waals surface area (Å²) >= 11 is 0. The Hall–Kier alpha value is -1.52. The monoisotopic (exact) mass is 156 g/mol. The number of pyridine rings is 1. The maximum atomic E-state index is 12.8. The fraction of sp³-hybridized carbons (Fsp3) is 0.167. The Morgan fingerprint density at radius 2 is 2.27 bits per heavy atom. The van der Waals surface area contributed by atoms with E-state index >= 15 is 0 Å². The molecule has 0 aliphatic carbocycles. The molecule has 0 saturated heterocycles. The summed E-state index contributed by atoms with van der Waals surface area (Å²) in [5.41, 5.74) is -0.399. The number of hydrogen-bond acceptors (Lipinski definition) is 3. The van der Waals surface area contributed by atoms with Gasteiger partial charge in [0, 0.05) is 11.8 Å². The van der Waals surface area contributed by atoms with E-state index in [0.717, 1.165) is 6.20 Å². The van der Waals surface area contributed by atoms with Crippen molar-refractivity contribution < 1.29 is 9.31 Å². The van der Waals surface area contributed by atoms with Gasteiger partial charge in [-0.25, -0.2) is 0 Å². The van der Waals surface area contributed by atoms with Gasteiger partial charge in [-0.05, 0) is 6.92 Å². The third kappa shape index (κ3) is 1.31. The molecule has 58 valence electrons. The summed E-state index contributed by atoms with van der Waals surface area (Å²) in [4.78, 5) is 12.8. The summed E-state index contributed by atoms with van der Waals surface area (Å²) in [6.07, 6.45) is 2.13. The second-order valence-corrected chi connectivity index (χ2v) is 2.05. The van der Waals surface area contributed by atoms with Gasteiger partial charge in [-0.2, -0.15) is 4.39 Å². The highest BCUT2D eigenvalue weighted by Gasteiger charge is 2.15. The predicted octanol–water partition coefficient (Wildman–Crippen LogP) is 1.44. The maximum absolute atomic E-state index is 12.8. The van der Waals surface area contributed by atoms with Crippen molar-refractivity contribution in [2.24, 2.45) is 0 Å². The van der Waals surface area contributed by atoms with Crippen LogP contribution in [0.3, 0.4) is 0 Å². The molecule has 0 amide bonds. The van der Waals surface area contributed by atoms with Gasteiger partial charge in [0.2, 0.25) is 5.82 Å². The van der Waals surface area contributed by atoms with Crippen LogP contribution in [-0.4, -0.2) is 9.91 Å². The Morgan fingerprint density at radius 1 is 1.64 bits per heavy atom. The number of rotatable bonds is 1. The number of aromatic nitrogens is 1. The molecule has 0 spiro atoms. The van der Waals surface area contributed by atoms with Crippen LogP contribution in [-0.2, 0) is 0 Å². The Balaban J connectivity index is 3.27. The van der Waals surface area contributed by atoms with Crippen LogP contribution in [0.25, 0.3) is 0 Å². The number of aryl methyl sites for hydroxylation is 1. The minimum Gasteiger partial charge on any atom is -0.258 e. The lowest BCUT2D eigenvalue weighted by molar-refractivity contribution is -0.387. The summed E-state index contributed by atoms with van der Waals surface area (Å²) in [7, 11) is 0. The van der Waals surface area contributed by atoms with Gasteiger partial charge in [-0.1, -0.05) is 0 Å². The minimum absolute atomic E-state index is 0.180. The van der Waals surface area contributed by atoms with Gasteiger partial charge >= 0.3 is 5.69 Å². The minimum atomic E-state index is -0.815. The first-order valence-electron chi connectivity index (χ1n) is 2.87. The molecule has 0 aliphatic heterocycles. The molecule has 0 fully saturated rings. The van der Waals surface area contributed by atoms with Gasteiger partial charge in [-0.15, -0.1) is 0 Å². The third-order valence-electron chi connectivity index (χ3n) is 1.23. The van der Waals surface area contributed by atoms with Gasteiger partial charge in [0.1, 0.15) is 6.20 Å². The van der Waals surface area contributed by atoms with Crippen LogP contribution >= 0.6 is 0 Å². The normalized spacial score (nSPS) is 9.64. The van der Waals surface area contributed by atoms with Gasteiger partial charge in [0.15, 0.2) is 0 Å². The van der Waals surface area contributed by atoms with Crippen LogP contribution < -0.4 is 0 Å². The molecule has 4 nitrogen and oxygen atoms in total. The molecule has 0 unspecified atom stereocenters. The Morgan fingerprint density at radius 3 is 2.73 bits per heavy atom. The fourth-order valence-electron chi connectivity index (χ4n) is 0.662. The standard InChI is InChI=1S/C6H5FN2O2/c1-4-2-8-3-5(6(4)7)9(10)11/h2-3H,1H3. The van der Waals surface area contributed by atoms with Crippen molar-refractivity contribution >= 4 is 5.69 Å². The molecule has 0 radical (unpaired) electrons. The lowest BCUT2D eigenvalue weighted by Gasteiger charge is -1.94. The van der Waals surface area contributed by atoms with Crippen LogP contribution in [0, 0.1) is 22.9 Å². The second kappa shape index (κ2) is 2.61. The molecule has 1 rings (SSSR count). The van der Waals surface area contributed by atoms with Crippen molar-refractivity contribution in [1.29, 1.82) is 0 Å². The van der Waals surface area contributed by atoms with E-state index in [2.05, 4.69) is 4.98 Å². The first-order chi connectivity index (χ1) is 5.13. The van der Waals surface area contributed by atoms with Crippen LogP contribution in [0.15, 0.2) is 12.4 Å². The fourth-order valence-corrected chi connectivity index (χ4v) is 0.662. The maximum Gasteiger partial charge on any atom is 0.323 e. The van der Waals surface area contributed by atoms with Gasteiger partial charge in [-0.3, -0.25) is 15.1 Å². The van der Waals surface area contributed by atoms with Crippen LogP contribution in [0.5, 0.6) is 0 Å². The van der Waals surface area contributed by atoms with Crippen LogP contribution in [0.4, 0.5) is 10.1 Å². The lowest BCUT2D eigenvalue weighted by Crippen LogP contribution is -1.95. The topological polar surface area (TPSA) is 56.0 Å². The van der Waals surface area contributed by atoms with Crippen LogP contribution in [0.2, 0.25) is 0 Å². The van der Waals surface area contributed by atoms with E-state index in [1.54, 1.807) is 0 Å². The number of nitro groups is 1. The van der Waals surface area contributed by atoms with Crippen molar-refractivity contribution in [1.82, 2.24) is 4.98 Å².